The third-order valence-corrected chi connectivity index (χ3v) is 6.26. The number of hydrogen-bond acceptors (Lipinski definition) is 3. The first kappa shape index (κ1) is 18.7. The van der Waals surface area contributed by atoms with Crippen molar-refractivity contribution in [2.24, 2.45) is 0 Å². The molecule has 0 aromatic heterocycles. The molecule has 1 fully saturated rings. The van der Waals surface area contributed by atoms with Gasteiger partial charge in [0.05, 0.1) is 24.9 Å². The monoisotopic (exact) mass is 366 g/mol. The van der Waals surface area contributed by atoms with Crippen LogP contribution in [0.4, 0.5) is 0 Å². The Balaban J connectivity index is 1.71. The molecule has 2 aromatic carbocycles. The van der Waals surface area contributed by atoms with Crippen LogP contribution in [0, 0.1) is 13.8 Å². The fraction of sp³-hybridized carbons (Fsp3) is 0.500. The molecule has 3 nitrogen and oxygen atoms in total. The van der Waals surface area contributed by atoms with Crippen LogP contribution < -0.4 is 0 Å². The summed E-state index contributed by atoms with van der Waals surface area (Å²) >= 11 is 0. The zero-order chi connectivity index (χ0) is 19.0. The van der Waals surface area contributed by atoms with E-state index in [9.17, 15) is 10.2 Å². The van der Waals surface area contributed by atoms with Crippen LogP contribution in [0.3, 0.4) is 0 Å². The predicted molar refractivity (Wildman–Crippen MR) is 107 cm³/mol. The summed E-state index contributed by atoms with van der Waals surface area (Å²) in [6.07, 6.45) is 4.77. The molecule has 3 atom stereocenters. The maximum Gasteiger partial charge on any atom is 0.0857 e. The molecular weight excluding hydrogens is 336 g/mol. The molecule has 2 aliphatic rings. The minimum atomic E-state index is -0.408. The lowest BCUT2D eigenvalue weighted by atomic mass is 9.86. The Morgan fingerprint density at radius 2 is 1.78 bits per heavy atom. The van der Waals surface area contributed by atoms with Crippen LogP contribution in [0.2, 0.25) is 0 Å². The van der Waals surface area contributed by atoms with E-state index in [-0.39, 0.29) is 18.8 Å². The van der Waals surface area contributed by atoms with Crippen LogP contribution in [0.5, 0.6) is 0 Å². The summed E-state index contributed by atoms with van der Waals surface area (Å²) in [6, 6.07) is 11.1. The Morgan fingerprint density at radius 3 is 2.52 bits per heavy atom. The van der Waals surface area contributed by atoms with Crippen molar-refractivity contribution in [2.75, 3.05) is 6.61 Å². The van der Waals surface area contributed by atoms with Gasteiger partial charge in [0, 0.05) is 12.8 Å². The van der Waals surface area contributed by atoms with Crippen LogP contribution >= 0.6 is 0 Å². The van der Waals surface area contributed by atoms with Crippen molar-refractivity contribution in [1.29, 1.82) is 0 Å². The average Bonchev–Trinajstić information content (AvgIpc) is 3.16. The van der Waals surface area contributed by atoms with Crippen LogP contribution in [0.1, 0.15) is 64.3 Å². The maximum atomic E-state index is 10.3. The Bertz CT molecular complexity index is 809. The summed E-state index contributed by atoms with van der Waals surface area (Å²) in [5.74, 6) is 0. The molecule has 144 valence electrons. The molecule has 0 radical (unpaired) electrons. The summed E-state index contributed by atoms with van der Waals surface area (Å²) in [4.78, 5) is 0. The lowest BCUT2D eigenvalue weighted by Gasteiger charge is -2.34. The van der Waals surface area contributed by atoms with Crippen LogP contribution in [0.15, 0.2) is 30.3 Å². The number of aryl methyl sites for hydroxylation is 1. The van der Waals surface area contributed by atoms with Crippen molar-refractivity contribution in [3.8, 4) is 0 Å². The number of fused-ring (bicyclic) bond motifs is 1. The van der Waals surface area contributed by atoms with Gasteiger partial charge in [0.25, 0.3) is 0 Å². The topological polar surface area (TPSA) is 49.7 Å². The predicted octanol–water partition coefficient (Wildman–Crippen LogP) is 3.96. The van der Waals surface area contributed by atoms with Gasteiger partial charge in [-0.05, 0) is 72.9 Å². The van der Waals surface area contributed by atoms with E-state index in [4.69, 9.17) is 4.74 Å². The van der Waals surface area contributed by atoms with Crippen molar-refractivity contribution in [2.45, 2.75) is 70.7 Å². The zero-order valence-electron chi connectivity index (χ0n) is 16.4. The van der Waals surface area contributed by atoms with Crippen molar-refractivity contribution >= 4 is 0 Å². The molecule has 3 unspecified atom stereocenters. The normalized spacial score (nSPS) is 24.8. The molecular formula is C24H30O3. The number of ether oxygens (including phenoxy) is 1. The average molecular weight is 367 g/mol. The van der Waals surface area contributed by atoms with Gasteiger partial charge < -0.3 is 14.9 Å². The Hall–Kier alpha value is -1.68. The number of rotatable bonds is 4. The van der Waals surface area contributed by atoms with Crippen molar-refractivity contribution in [1.82, 2.24) is 0 Å². The molecule has 27 heavy (non-hydrogen) atoms. The van der Waals surface area contributed by atoms with E-state index in [0.717, 1.165) is 19.3 Å². The Labute approximate surface area is 162 Å². The molecule has 3 heteroatoms. The minimum Gasteiger partial charge on any atom is -0.394 e. The molecule has 0 bridgehead atoms. The number of hydrogen-bond donors (Lipinski definition) is 2. The SMILES string of the molecule is Cc1ccc(Cc2cc(C3CC(O)CC(CO)O3)c(C)c3c2CCC3)cc1. The summed E-state index contributed by atoms with van der Waals surface area (Å²) < 4.78 is 6.14. The van der Waals surface area contributed by atoms with Gasteiger partial charge in [-0.2, -0.15) is 0 Å². The summed E-state index contributed by atoms with van der Waals surface area (Å²) in [5, 5.41) is 19.8. The van der Waals surface area contributed by atoms with Crippen LogP contribution in [-0.2, 0) is 24.0 Å². The number of aliphatic hydroxyl groups excluding tert-OH is 2. The second kappa shape index (κ2) is 7.75. The molecule has 1 heterocycles. The molecule has 0 spiro atoms. The van der Waals surface area contributed by atoms with Crippen molar-refractivity contribution < 1.29 is 14.9 Å². The Morgan fingerprint density at radius 1 is 1.04 bits per heavy atom. The van der Waals surface area contributed by atoms with Gasteiger partial charge in [-0.3, -0.25) is 0 Å². The van der Waals surface area contributed by atoms with Gasteiger partial charge in [-0.1, -0.05) is 35.9 Å². The highest BCUT2D eigenvalue weighted by atomic mass is 16.5. The lowest BCUT2D eigenvalue weighted by molar-refractivity contribution is -0.114. The maximum absolute atomic E-state index is 10.3. The van der Waals surface area contributed by atoms with E-state index in [1.54, 1.807) is 0 Å². The first-order chi connectivity index (χ1) is 13.0. The highest BCUT2D eigenvalue weighted by molar-refractivity contribution is 5.50. The molecule has 2 aromatic rings. The fourth-order valence-corrected chi connectivity index (χ4v) is 4.80. The molecule has 1 aliphatic carbocycles. The third kappa shape index (κ3) is 3.82. The van der Waals surface area contributed by atoms with E-state index in [2.05, 4.69) is 44.2 Å². The largest absolute Gasteiger partial charge is 0.394 e. The fourth-order valence-electron chi connectivity index (χ4n) is 4.80. The highest BCUT2D eigenvalue weighted by Gasteiger charge is 2.31. The van der Waals surface area contributed by atoms with E-state index < -0.39 is 6.10 Å². The molecule has 0 amide bonds. The van der Waals surface area contributed by atoms with Crippen LogP contribution in [0.25, 0.3) is 0 Å². The standard InChI is InChI=1S/C24H30O3/c1-15-6-8-17(9-7-15)10-18-11-23(16(2)21-4-3-5-22(18)21)24-13-19(26)12-20(14-25)27-24/h6-9,11,19-20,24-26H,3-5,10,12-14H2,1-2H3. The van der Waals surface area contributed by atoms with Gasteiger partial charge in [-0.25, -0.2) is 0 Å². The first-order valence-corrected chi connectivity index (χ1v) is 10.2. The van der Waals surface area contributed by atoms with Gasteiger partial charge in [0.1, 0.15) is 0 Å². The minimum absolute atomic E-state index is 0.0340. The van der Waals surface area contributed by atoms with E-state index >= 15 is 0 Å². The summed E-state index contributed by atoms with van der Waals surface area (Å²) in [6.45, 7) is 4.29. The Kier molecular flexibility index (Phi) is 5.36. The third-order valence-electron chi connectivity index (χ3n) is 6.26. The number of aliphatic hydroxyl groups is 2. The van der Waals surface area contributed by atoms with Gasteiger partial charge in [-0.15, -0.1) is 0 Å². The number of benzene rings is 2. The highest BCUT2D eigenvalue weighted by Crippen LogP contribution is 2.39. The van der Waals surface area contributed by atoms with E-state index in [1.807, 2.05) is 0 Å². The van der Waals surface area contributed by atoms with Gasteiger partial charge >= 0.3 is 0 Å². The zero-order valence-corrected chi connectivity index (χ0v) is 16.4. The molecule has 0 saturated carbocycles. The van der Waals surface area contributed by atoms with Crippen molar-refractivity contribution in [3.05, 3.63) is 69.3 Å². The molecule has 1 saturated heterocycles. The summed E-state index contributed by atoms with van der Waals surface area (Å²) in [5.41, 5.74) is 9.55. The second-order valence-electron chi connectivity index (χ2n) is 8.28. The molecule has 2 N–H and O–H groups in total. The van der Waals surface area contributed by atoms with Gasteiger partial charge in [0.2, 0.25) is 0 Å². The van der Waals surface area contributed by atoms with Crippen LogP contribution in [-0.4, -0.2) is 29.0 Å². The first-order valence-electron chi connectivity index (χ1n) is 10.2. The molecule has 1 aliphatic heterocycles. The smallest absolute Gasteiger partial charge is 0.0857 e. The van der Waals surface area contributed by atoms with Gasteiger partial charge in [0.15, 0.2) is 0 Å². The van der Waals surface area contributed by atoms with E-state index in [1.165, 1.54) is 45.4 Å². The summed E-state index contributed by atoms with van der Waals surface area (Å²) in [7, 11) is 0. The lowest BCUT2D eigenvalue weighted by Crippen LogP contribution is -2.34. The van der Waals surface area contributed by atoms with Crippen molar-refractivity contribution in [3.63, 3.8) is 0 Å². The second-order valence-corrected chi connectivity index (χ2v) is 8.28. The molecule has 4 rings (SSSR count). The van der Waals surface area contributed by atoms with E-state index in [0.29, 0.717) is 12.8 Å². The quantitative estimate of drug-likeness (QED) is 0.861.